The molecule has 1 aliphatic carbocycles. The Labute approximate surface area is 116 Å². The lowest BCUT2D eigenvalue weighted by molar-refractivity contribution is 0.0501. The molecule has 0 spiro atoms. The van der Waals surface area contributed by atoms with E-state index in [0.29, 0.717) is 38.5 Å². The lowest BCUT2D eigenvalue weighted by atomic mass is 9.91. The van der Waals surface area contributed by atoms with Gasteiger partial charge < -0.3 is 10.5 Å². The highest BCUT2D eigenvalue weighted by Crippen LogP contribution is 2.26. The molecule has 19 heavy (non-hydrogen) atoms. The number of nitrogens with one attached hydrogen (secondary N) is 1. The number of hydrogen-bond acceptors (Lipinski definition) is 4. The third-order valence-electron chi connectivity index (χ3n) is 4.39. The summed E-state index contributed by atoms with van der Waals surface area (Å²) in [6.07, 6.45) is 7.00. The first-order valence-electron chi connectivity index (χ1n) is 7.35. The molecule has 2 rings (SSSR count). The molecule has 0 amide bonds. The van der Waals surface area contributed by atoms with E-state index in [1.54, 1.807) is 0 Å². The maximum absolute atomic E-state index is 12.3. The molecule has 0 aromatic rings. The number of nitrogens with two attached hydrogens (primary N) is 1. The predicted octanol–water partition coefficient (Wildman–Crippen LogP) is 0.994. The summed E-state index contributed by atoms with van der Waals surface area (Å²) in [5.74, 6) is 0.580. The second-order valence-corrected chi connectivity index (χ2v) is 7.75. The summed E-state index contributed by atoms with van der Waals surface area (Å²) in [5.41, 5.74) is 5.32. The van der Waals surface area contributed by atoms with Gasteiger partial charge >= 0.3 is 0 Å². The topological polar surface area (TPSA) is 81.4 Å². The zero-order valence-corrected chi connectivity index (χ0v) is 12.4. The molecule has 0 aromatic heterocycles. The number of hydrogen-bond donors (Lipinski definition) is 2. The van der Waals surface area contributed by atoms with Crippen molar-refractivity contribution in [2.24, 2.45) is 11.7 Å². The summed E-state index contributed by atoms with van der Waals surface area (Å²) in [6, 6.07) is 0. The molecule has 0 atom stereocenters. The third kappa shape index (κ3) is 4.41. The first kappa shape index (κ1) is 15.2. The van der Waals surface area contributed by atoms with Crippen LogP contribution in [0.2, 0.25) is 0 Å². The molecule has 1 saturated heterocycles. The fourth-order valence-corrected chi connectivity index (χ4v) is 5.13. The Morgan fingerprint density at radius 3 is 2.37 bits per heavy atom. The molecule has 0 bridgehead atoms. The Bertz CT molecular complexity index is 371. The standard InChI is InChI=1S/C13H26N2O3S/c14-11-13(6-8-18-9-7-13)15-19(16,17)10-12-4-2-1-3-5-12/h12,15H,1-11,14H2. The van der Waals surface area contributed by atoms with Crippen LogP contribution in [0.4, 0.5) is 0 Å². The molecule has 2 fully saturated rings. The Morgan fingerprint density at radius 2 is 1.79 bits per heavy atom. The van der Waals surface area contributed by atoms with E-state index in [4.69, 9.17) is 10.5 Å². The summed E-state index contributed by atoms with van der Waals surface area (Å²) < 4.78 is 32.8. The highest BCUT2D eigenvalue weighted by Gasteiger charge is 2.36. The average molecular weight is 290 g/mol. The van der Waals surface area contributed by atoms with Crippen molar-refractivity contribution in [3.05, 3.63) is 0 Å². The average Bonchev–Trinajstić information content (AvgIpc) is 2.40. The van der Waals surface area contributed by atoms with Crippen LogP contribution in [0.25, 0.3) is 0 Å². The van der Waals surface area contributed by atoms with Crippen LogP contribution in [0.5, 0.6) is 0 Å². The van der Waals surface area contributed by atoms with Gasteiger partial charge in [-0.25, -0.2) is 13.1 Å². The van der Waals surface area contributed by atoms with Crippen LogP contribution in [-0.4, -0.2) is 39.5 Å². The monoisotopic (exact) mass is 290 g/mol. The van der Waals surface area contributed by atoms with Crippen molar-refractivity contribution < 1.29 is 13.2 Å². The van der Waals surface area contributed by atoms with Gasteiger partial charge in [0.15, 0.2) is 0 Å². The number of ether oxygens (including phenoxy) is 1. The van der Waals surface area contributed by atoms with Crippen LogP contribution in [-0.2, 0) is 14.8 Å². The highest BCUT2D eigenvalue weighted by atomic mass is 32.2. The van der Waals surface area contributed by atoms with Crippen molar-refractivity contribution in [2.45, 2.75) is 50.5 Å². The van der Waals surface area contributed by atoms with E-state index >= 15 is 0 Å². The maximum Gasteiger partial charge on any atom is 0.212 e. The first-order valence-corrected chi connectivity index (χ1v) is 9.00. The molecule has 1 heterocycles. The van der Waals surface area contributed by atoms with E-state index in [9.17, 15) is 8.42 Å². The lowest BCUT2D eigenvalue weighted by Crippen LogP contribution is -2.57. The fourth-order valence-electron chi connectivity index (χ4n) is 3.15. The second kappa shape index (κ2) is 6.52. The zero-order valence-electron chi connectivity index (χ0n) is 11.6. The minimum Gasteiger partial charge on any atom is -0.381 e. The van der Waals surface area contributed by atoms with Crippen LogP contribution in [0.1, 0.15) is 44.9 Å². The molecule has 3 N–H and O–H groups in total. The van der Waals surface area contributed by atoms with Gasteiger partial charge in [0.25, 0.3) is 0 Å². The summed E-state index contributed by atoms with van der Waals surface area (Å²) in [6.45, 7) is 1.52. The SMILES string of the molecule is NCC1(NS(=O)(=O)CC2CCCCC2)CCOCC1. The Morgan fingerprint density at radius 1 is 1.16 bits per heavy atom. The largest absolute Gasteiger partial charge is 0.381 e. The van der Waals surface area contributed by atoms with Crippen molar-refractivity contribution >= 4 is 10.0 Å². The van der Waals surface area contributed by atoms with E-state index in [2.05, 4.69) is 4.72 Å². The number of rotatable bonds is 5. The molecule has 1 aliphatic heterocycles. The molecular weight excluding hydrogens is 264 g/mol. The normalized spacial score (nSPS) is 25.3. The van der Waals surface area contributed by atoms with E-state index in [1.165, 1.54) is 6.42 Å². The minimum absolute atomic E-state index is 0.260. The van der Waals surface area contributed by atoms with Gasteiger partial charge in [0.2, 0.25) is 10.0 Å². The van der Waals surface area contributed by atoms with Gasteiger partial charge in [0.05, 0.1) is 5.75 Å². The third-order valence-corrected chi connectivity index (χ3v) is 6.05. The number of sulfonamides is 1. The zero-order chi connectivity index (χ0) is 13.8. The van der Waals surface area contributed by atoms with Crippen molar-refractivity contribution in [1.82, 2.24) is 4.72 Å². The molecule has 5 nitrogen and oxygen atoms in total. The maximum atomic E-state index is 12.3. The Hall–Kier alpha value is -0.170. The van der Waals surface area contributed by atoms with Crippen molar-refractivity contribution in [3.63, 3.8) is 0 Å². The van der Waals surface area contributed by atoms with Crippen molar-refractivity contribution in [1.29, 1.82) is 0 Å². The highest BCUT2D eigenvalue weighted by molar-refractivity contribution is 7.89. The van der Waals surface area contributed by atoms with E-state index in [0.717, 1.165) is 25.7 Å². The van der Waals surface area contributed by atoms with Crippen LogP contribution < -0.4 is 10.5 Å². The summed E-state index contributed by atoms with van der Waals surface area (Å²) in [4.78, 5) is 0. The Balaban J connectivity index is 1.94. The summed E-state index contributed by atoms with van der Waals surface area (Å²) in [7, 11) is -3.24. The molecule has 112 valence electrons. The van der Waals surface area contributed by atoms with Gasteiger partial charge in [-0.15, -0.1) is 0 Å². The smallest absolute Gasteiger partial charge is 0.212 e. The minimum atomic E-state index is -3.24. The van der Waals surface area contributed by atoms with Crippen LogP contribution in [0, 0.1) is 5.92 Å². The Kier molecular flexibility index (Phi) is 5.22. The van der Waals surface area contributed by atoms with Crippen LogP contribution >= 0.6 is 0 Å². The fraction of sp³-hybridized carbons (Fsp3) is 1.00. The van der Waals surface area contributed by atoms with Crippen LogP contribution in [0.3, 0.4) is 0 Å². The first-order chi connectivity index (χ1) is 9.05. The lowest BCUT2D eigenvalue weighted by Gasteiger charge is -2.37. The second-order valence-electron chi connectivity index (χ2n) is 5.98. The molecule has 0 unspecified atom stereocenters. The molecule has 6 heteroatoms. The van der Waals surface area contributed by atoms with E-state index in [1.807, 2.05) is 0 Å². The van der Waals surface area contributed by atoms with E-state index < -0.39 is 15.6 Å². The van der Waals surface area contributed by atoms with Crippen molar-refractivity contribution in [2.75, 3.05) is 25.5 Å². The predicted molar refractivity (Wildman–Crippen MR) is 75.3 cm³/mol. The molecule has 0 radical (unpaired) electrons. The van der Waals surface area contributed by atoms with Gasteiger partial charge in [-0.05, 0) is 31.6 Å². The molecular formula is C13H26N2O3S. The molecule has 2 aliphatic rings. The van der Waals surface area contributed by atoms with Gasteiger partial charge in [0.1, 0.15) is 0 Å². The molecule has 0 aromatic carbocycles. The van der Waals surface area contributed by atoms with Gasteiger partial charge in [0, 0.05) is 25.3 Å². The van der Waals surface area contributed by atoms with Gasteiger partial charge in [-0.1, -0.05) is 19.3 Å². The quantitative estimate of drug-likeness (QED) is 0.791. The van der Waals surface area contributed by atoms with Crippen molar-refractivity contribution in [3.8, 4) is 0 Å². The summed E-state index contributed by atoms with van der Waals surface area (Å²) >= 11 is 0. The van der Waals surface area contributed by atoms with E-state index in [-0.39, 0.29) is 5.75 Å². The van der Waals surface area contributed by atoms with Gasteiger partial charge in [-0.3, -0.25) is 0 Å². The summed E-state index contributed by atoms with van der Waals surface area (Å²) in [5, 5.41) is 0. The van der Waals surface area contributed by atoms with Crippen LogP contribution in [0.15, 0.2) is 0 Å². The molecule has 1 saturated carbocycles. The van der Waals surface area contributed by atoms with Gasteiger partial charge in [-0.2, -0.15) is 0 Å².